The number of nitrogens with zero attached hydrogens (tertiary/aromatic N) is 2. The first kappa shape index (κ1) is 17.3. The summed E-state index contributed by atoms with van der Waals surface area (Å²) in [5.41, 5.74) is 7.11. The maximum absolute atomic E-state index is 4.79. The summed E-state index contributed by atoms with van der Waals surface area (Å²) in [7, 11) is 0. The van der Waals surface area contributed by atoms with Crippen molar-refractivity contribution in [3.05, 3.63) is 66.2 Å². The molecule has 2 aliphatic rings. The zero-order valence-corrected chi connectivity index (χ0v) is 15.6. The first-order valence-electron chi connectivity index (χ1n) is 9.96. The summed E-state index contributed by atoms with van der Waals surface area (Å²) in [6.07, 6.45) is 4.85. The first-order chi connectivity index (χ1) is 12.8. The molecule has 1 heterocycles. The standard InChI is InChI=1S/C23H29N3/c1-2-19-17-26(16-18-9-5-3-6-10-18)23-14-20(19)13-22(15-23)25-24-21-11-7-4-8-12-21/h3-12,19-20,23-24H,2,13-17H2,1H3/b25-22+/t19-,20-,23-/m1/s1. The highest BCUT2D eigenvalue weighted by atomic mass is 15.3. The highest BCUT2D eigenvalue weighted by molar-refractivity contribution is 5.86. The van der Waals surface area contributed by atoms with Crippen LogP contribution in [-0.2, 0) is 6.54 Å². The summed E-state index contributed by atoms with van der Waals surface area (Å²) in [6, 6.07) is 21.8. The summed E-state index contributed by atoms with van der Waals surface area (Å²) in [5, 5.41) is 4.79. The molecule has 2 bridgehead atoms. The van der Waals surface area contributed by atoms with Gasteiger partial charge in [0.05, 0.1) is 5.69 Å². The van der Waals surface area contributed by atoms with Crippen molar-refractivity contribution in [3.8, 4) is 0 Å². The lowest BCUT2D eigenvalue weighted by Gasteiger charge is -2.47. The number of benzene rings is 2. The highest BCUT2D eigenvalue weighted by Gasteiger charge is 2.39. The minimum Gasteiger partial charge on any atom is -0.295 e. The van der Waals surface area contributed by atoms with Crippen LogP contribution >= 0.6 is 0 Å². The Labute approximate surface area is 157 Å². The van der Waals surface area contributed by atoms with Crippen LogP contribution < -0.4 is 5.43 Å². The van der Waals surface area contributed by atoms with Crippen molar-refractivity contribution in [2.45, 2.75) is 45.2 Å². The number of anilines is 1. The zero-order valence-electron chi connectivity index (χ0n) is 15.6. The topological polar surface area (TPSA) is 27.6 Å². The summed E-state index contributed by atoms with van der Waals surface area (Å²) in [5.74, 6) is 1.58. The zero-order chi connectivity index (χ0) is 17.8. The van der Waals surface area contributed by atoms with Gasteiger partial charge in [0.2, 0.25) is 0 Å². The highest BCUT2D eigenvalue weighted by Crippen LogP contribution is 2.39. The lowest BCUT2D eigenvalue weighted by atomic mass is 9.72. The van der Waals surface area contributed by atoms with E-state index in [4.69, 9.17) is 5.10 Å². The monoisotopic (exact) mass is 347 g/mol. The van der Waals surface area contributed by atoms with E-state index in [1.807, 2.05) is 18.2 Å². The van der Waals surface area contributed by atoms with Gasteiger partial charge in [-0.3, -0.25) is 10.3 Å². The van der Waals surface area contributed by atoms with Crippen molar-refractivity contribution < 1.29 is 0 Å². The van der Waals surface area contributed by atoms with Crippen molar-refractivity contribution in [3.63, 3.8) is 0 Å². The van der Waals surface area contributed by atoms with Gasteiger partial charge in [0.15, 0.2) is 0 Å². The van der Waals surface area contributed by atoms with Gasteiger partial charge in [0.25, 0.3) is 0 Å². The van der Waals surface area contributed by atoms with Crippen LogP contribution in [0.4, 0.5) is 5.69 Å². The molecule has 1 saturated heterocycles. The second kappa shape index (κ2) is 8.05. The molecule has 1 N–H and O–H groups in total. The molecule has 0 unspecified atom stereocenters. The molecule has 0 amide bonds. The summed E-state index contributed by atoms with van der Waals surface area (Å²) in [4.78, 5) is 2.71. The van der Waals surface area contributed by atoms with E-state index in [0.717, 1.165) is 36.9 Å². The second-order valence-corrected chi connectivity index (χ2v) is 7.80. The molecule has 136 valence electrons. The molecule has 2 fully saturated rings. The van der Waals surface area contributed by atoms with Crippen molar-refractivity contribution in [1.82, 2.24) is 4.90 Å². The Hall–Kier alpha value is -2.13. The van der Waals surface area contributed by atoms with Gasteiger partial charge >= 0.3 is 0 Å². The van der Waals surface area contributed by atoms with Crippen LogP contribution in [0.3, 0.4) is 0 Å². The third-order valence-electron chi connectivity index (χ3n) is 6.07. The predicted octanol–water partition coefficient (Wildman–Crippen LogP) is 5.17. The van der Waals surface area contributed by atoms with Gasteiger partial charge in [-0.25, -0.2) is 0 Å². The van der Waals surface area contributed by atoms with Gasteiger partial charge in [0.1, 0.15) is 0 Å². The third kappa shape index (κ3) is 3.99. The summed E-state index contributed by atoms with van der Waals surface area (Å²) >= 11 is 0. The van der Waals surface area contributed by atoms with E-state index in [0.29, 0.717) is 6.04 Å². The van der Waals surface area contributed by atoms with Crippen LogP contribution in [0.15, 0.2) is 65.8 Å². The molecule has 1 aliphatic carbocycles. The second-order valence-electron chi connectivity index (χ2n) is 7.80. The lowest BCUT2D eigenvalue weighted by molar-refractivity contribution is 0.0485. The van der Waals surface area contributed by atoms with Gasteiger partial charge in [-0.1, -0.05) is 61.9 Å². The van der Waals surface area contributed by atoms with E-state index >= 15 is 0 Å². The fourth-order valence-electron chi connectivity index (χ4n) is 4.63. The summed E-state index contributed by atoms with van der Waals surface area (Å²) < 4.78 is 0. The fourth-order valence-corrected chi connectivity index (χ4v) is 4.63. The number of para-hydroxylation sites is 1. The molecule has 3 nitrogen and oxygen atoms in total. The Bertz CT molecular complexity index is 726. The Morgan fingerprint density at radius 1 is 1.00 bits per heavy atom. The number of rotatable bonds is 5. The van der Waals surface area contributed by atoms with Gasteiger partial charge in [-0.15, -0.1) is 0 Å². The number of hydrogen-bond donors (Lipinski definition) is 1. The minimum atomic E-state index is 0.632. The Morgan fingerprint density at radius 3 is 2.46 bits per heavy atom. The third-order valence-corrected chi connectivity index (χ3v) is 6.07. The molecule has 3 heteroatoms. The first-order valence-corrected chi connectivity index (χ1v) is 9.96. The number of fused-ring (bicyclic) bond motifs is 2. The van der Waals surface area contributed by atoms with Crippen molar-refractivity contribution in [2.75, 3.05) is 12.0 Å². The van der Waals surface area contributed by atoms with E-state index in [-0.39, 0.29) is 0 Å². The number of hydrazone groups is 1. The maximum Gasteiger partial charge on any atom is 0.0561 e. The number of likely N-dealkylation sites (tertiary alicyclic amines) is 1. The largest absolute Gasteiger partial charge is 0.295 e. The molecule has 26 heavy (non-hydrogen) atoms. The average molecular weight is 348 g/mol. The smallest absolute Gasteiger partial charge is 0.0561 e. The van der Waals surface area contributed by atoms with E-state index in [1.165, 1.54) is 30.7 Å². The Morgan fingerprint density at radius 2 is 1.73 bits per heavy atom. The normalized spacial score (nSPS) is 27.4. The fraction of sp³-hybridized carbons (Fsp3) is 0.435. The number of hydrogen-bond acceptors (Lipinski definition) is 3. The molecule has 2 aromatic rings. The molecule has 4 rings (SSSR count). The van der Waals surface area contributed by atoms with Crippen LogP contribution in [0.25, 0.3) is 0 Å². The molecular weight excluding hydrogens is 318 g/mol. The average Bonchev–Trinajstić information content (AvgIpc) is 2.70. The van der Waals surface area contributed by atoms with Crippen molar-refractivity contribution in [2.24, 2.45) is 16.9 Å². The Balaban J connectivity index is 1.48. The Kier molecular flexibility index (Phi) is 5.35. The van der Waals surface area contributed by atoms with Gasteiger partial charge in [0, 0.05) is 31.3 Å². The quantitative estimate of drug-likeness (QED) is 0.756. The van der Waals surface area contributed by atoms with Crippen LogP contribution in [-0.4, -0.2) is 23.2 Å². The number of nitrogens with one attached hydrogen (secondary N) is 1. The number of piperidine rings is 1. The molecule has 0 radical (unpaired) electrons. The van der Waals surface area contributed by atoms with E-state index in [9.17, 15) is 0 Å². The molecule has 2 aromatic carbocycles. The molecular formula is C23H29N3. The lowest BCUT2D eigenvalue weighted by Crippen LogP contribution is -2.51. The van der Waals surface area contributed by atoms with Crippen molar-refractivity contribution in [1.29, 1.82) is 0 Å². The van der Waals surface area contributed by atoms with Crippen LogP contribution in [0, 0.1) is 11.8 Å². The van der Waals surface area contributed by atoms with Crippen LogP contribution in [0.1, 0.15) is 38.2 Å². The molecule has 0 aromatic heterocycles. The molecule has 1 saturated carbocycles. The van der Waals surface area contributed by atoms with Crippen LogP contribution in [0.2, 0.25) is 0 Å². The molecule has 3 atom stereocenters. The van der Waals surface area contributed by atoms with Crippen LogP contribution in [0.5, 0.6) is 0 Å². The molecule has 0 spiro atoms. The van der Waals surface area contributed by atoms with Gasteiger partial charge in [-0.2, -0.15) is 5.10 Å². The van der Waals surface area contributed by atoms with E-state index in [1.54, 1.807) is 0 Å². The van der Waals surface area contributed by atoms with Gasteiger partial charge in [-0.05, 0) is 42.4 Å². The van der Waals surface area contributed by atoms with Gasteiger partial charge < -0.3 is 0 Å². The van der Waals surface area contributed by atoms with E-state index in [2.05, 4.69) is 59.7 Å². The van der Waals surface area contributed by atoms with Crippen molar-refractivity contribution >= 4 is 11.4 Å². The predicted molar refractivity (Wildman–Crippen MR) is 109 cm³/mol. The maximum atomic E-state index is 4.79. The summed E-state index contributed by atoms with van der Waals surface area (Å²) in [6.45, 7) is 4.65. The van der Waals surface area contributed by atoms with E-state index < -0.39 is 0 Å². The molecule has 1 aliphatic heterocycles. The SMILES string of the molecule is CC[C@@H]1CN(Cc2ccccc2)[C@H]2C/C(=N/Nc3ccccc3)C[C@@H]1C2. The minimum absolute atomic E-state index is 0.632.